The Morgan fingerprint density at radius 3 is 2.79 bits per heavy atom. The lowest BCUT2D eigenvalue weighted by Crippen LogP contribution is -1.94. The molecule has 3 aromatic rings. The van der Waals surface area contributed by atoms with Gasteiger partial charge in [-0.05, 0) is 12.1 Å². The van der Waals surface area contributed by atoms with Crippen LogP contribution in [0.3, 0.4) is 0 Å². The fourth-order valence-electron chi connectivity index (χ4n) is 1.77. The van der Waals surface area contributed by atoms with Gasteiger partial charge in [0.1, 0.15) is 6.33 Å². The van der Waals surface area contributed by atoms with Crippen molar-refractivity contribution in [2.75, 3.05) is 7.11 Å². The van der Waals surface area contributed by atoms with E-state index >= 15 is 0 Å². The lowest BCUT2D eigenvalue weighted by atomic mass is 10.2. The summed E-state index contributed by atoms with van der Waals surface area (Å²) in [6, 6.07) is 9.40. The Hall–Kier alpha value is -2.69. The van der Waals surface area contributed by atoms with E-state index in [4.69, 9.17) is 9.47 Å². The topological polar surface area (TPSA) is 57.1 Å². The minimum absolute atomic E-state index is 0.495. The number of benzene rings is 1. The van der Waals surface area contributed by atoms with E-state index in [1.165, 1.54) is 6.33 Å². The third-order valence-electron chi connectivity index (χ3n) is 2.68. The van der Waals surface area contributed by atoms with Gasteiger partial charge >= 0.3 is 0 Å². The number of hydrogen-bond acceptors (Lipinski definition) is 5. The molecule has 0 amide bonds. The molecule has 0 aliphatic carbocycles. The number of aromatic nitrogens is 3. The molecule has 1 aromatic carbocycles. The van der Waals surface area contributed by atoms with Crippen LogP contribution >= 0.6 is 0 Å². The van der Waals surface area contributed by atoms with Crippen molar-refractivity contribution in [3.8, 4) is 17.4 Å². The minimum atomic E-state index is 0.495. The second-order valence-electron chi connectivity index (χ2n) is 3.82. The maximum atomic E-state index is 5.80. The van der Waals surface area contributed by atoms with E-state index in [2.05, 4.69) is 15.0 Å². The number of para-hydroxylation sites is 1. The predicted molar refractivity (Wildman–Crippen MR) is 70.4 cm³/mol. The normalized spacial score (nSPS) is 10.4. The van der Waals surface area contributed by atoms with E-state index < -0.39 is 0 Å². The summed E-state index contributed by atoms with van der Waals surface area (Å²) in [5.74, 6) is 1.63. The Bertz CT molecular complexity index is 710. The standard InChI is InChI=1S/C14H11N3O2/c1-18-13-8-15-7-6-12(13)19-14-10-4-2-3-5-11(10)16-9-17-14/h2-9H,1H3. The van der Waals surface area contributed by atoms with Crippen molar-refractivity contribution in [3.05, 3.63) is 49.1 Å². The molecule has 94 valence electrons. The second-order valence-corrected chi connectivity index (χ2v) is 3.82. The number of rotatable bonds is 3. The molecule has 0 radical (unpaired) electrons. The summed E-state index contributed by atoms with van der Waals surface area (Å²) in [6.07, 6.45) is 4.71. The highest BCUT2D eigenvalue weighted by atomic mass is 16.5. The maximum Gasteiger partial charge on any atom is 0.230 e. The lowest BCUT2D eigenvalue weighted by Gasteiger charge is -2.09. The van der Waals surface area contributed by atoms with E-state index in [9.17, 15) is 0 Å². The van der Waals surface area contributed by atoms with Crippen molar-refractivity contribution in [2.45, 2.75) is 0 Å². The Labute approximate surface area is 109 Å². The highest BCUT2D eigenvalue weighted by molar-refractivity contribution is 5.83. The van der Waals surface area contributed by atoms with Gasteiger partial charge in [-0.15, -0.1) is 0 Å². The highest BCUT2D eigenvalue weighted by Crippen LogP contribution is 2.31. The molecular weight excluding hydrogens is 242 g/mol. The number of fused-ring (bicyclic) bond motifs is 1. The fourth-order valence-corrected chi connectivity index (χ4v) is 1.77. The molecule has 0 aliphatic rings. The van der Waals surface area contributed by atoms with Gasteiger partial charge in [-0.3, -0.25) is 4.98 Å². The third kappa shape index (κ3) is 2.18. The van der Waals surface area contributed by atoms with Crippen molar-refractivity contribution in [1.29, 1.82) is 0 Å². The first kappa shape index (κ1) is 11.4. The van der Waals surface area contributed by atoms with Crippen LogP contribution in [0.1, 0.15) is 0 Å². The Kier molecular flexibility index (Phi) is 2.94. The van der Waals surface area contributed by atoms with E-state index in [1.807, 2.05) is 24.3 Å². The molecule has 2 heterocycles. The van der Waals surface area contributed by atoms with Crippen LogP contribution in [0.4, 0.5) is 0 Å². The van der Waals surface area contributed by atoms with Crippen LogP contribution in [0.25, 0.3) is 10.9 Å². The molecule has 3 rings (SSSR count). The van der Waals surface area contributed by atoms with Crippen molar-refractivity contribution in [1.82, 2.24) is 15.0 Å². The molecule has 2 aromatic heterocycles. The minimum Gasteiger partial charge on any atom is -0.491 e. The van der Waals surface area contributed by atoms with Crippen molar-refractivity contribution < 1.29 is 9.47 Å². The summed E-state index contributed by atoms with van der Waals surface area (Å²) in [4.78, 5) is 12.3. The lowest BCUT2D eigenvalue weighted by molar-refractivity contribution is 0.373. The zero-order valence-corrected chi connectivity index (χ0v) is 10.3. The maximum absolute atomic E-state index is 5.80. The first-order valence-corrected chi connectivity index (χ1v) is 5.74. The number of pyridine rings is 1. The van der Waals surface area contributed by atoms with Gasteiger partial charge in [0.25, 0.3) is 0 Å². The quantitative estimate of drug-likeness (QED) is 0.718. The van der Waals surface area contributed by atoms with Gasteiger partial charge in [-0.1, -0.05) is 12.1 Å². The van der Waals surface area contributed by atoms with Crippen molar-refractivity contribution in [2.24, 2.45) is 0 Å². The first-order valence-electron chi connectivity index (χ1n) is 5.74. The smallest absolute Gasteiger partial charge is 0.230 e. The fraction of sp³-hybridized carbons (Fsp3) is 0.0714. The summed E-state index contributed by atoms with van der Waals surface area (Å²) in [5, 5.41) is 0.851. The summed E-state index contributed by atoms with van der Waals surface area (Å²) in [7, 11) is 1.57. The van der Waals surface area contributed by atoms with Crippen LogP contribution in [0.2, 0.25) is 0 Å². The predicted octanol–water partition coefficient (Wildman–Crippen LogP) is 2.83. The van der Waals surface area contributed by atoms with Crippen LogP contribution in [0.15, 0.2) is 49.1 Å². The number of methoxy groups -OCH3 is 1. The van der Waals surface area contributed by atoms with E-state index in [0.717, 1.165) is 10.9 Å². The van der Waals surface area contributed by atoms with Gasteiger partial charge < -0.3 is 9.47 Å². The zero-order valence-electron chi connectivity index (χ0n) is 10.3. The summed E-state index contributed by atoms with van der Waals surface area (Å²) in [6.45, 7) is 0. The number of hydrogen-bond donors (Lipinski definition) is 0. The third-order valence-corrected chi connectivity index (χ3v) is 2.68. The van der Waals surface area contributed by atoms with Gasteiger partial charge in [-0.25, -0.2) is 9.97 Å². The number of nitrogens with zero attached hydrogens (tertiary/aromatic N) is 3. The summed E-state index contributed by atoms with van der Waals surface area (Å²) in [5.41, 5.74) is 0.834. The molecule has 0 atom stereocenters. The van der Waals surface area contributed by atoms with Crippen LogP contribution < -0.4 is 9.47 Å². The first-order chi connectivity index (χ1) is 9.38. The van der Waals surface area contributed by atoms with Crippen LogP contribution in [0, 0.1) is 0 Å². The average Bonchev–Trinajstić information content (AvgIpc) is 2.48. The molecule has 5 heteroatoms. The van der Waals surface area contributed by atoms with Crippen LogP contribution in [0.5, 0.6) is 17.4 Å². The molecule has 0 N–H and O–H groups in total. The summed E-state index contributed by atoms with van der Waals surface area (Å²) >= 11 is 0. The van der Waals surface area contributed by atoms with E-state index in [1.54, 1.807) is 25.6 Å². The van der Waals surface area contributed by atoms with Gasteiger partial charge in [0.05, 0.1) is 24.2 Å². The summed E-state index contributed by atoms with van der Waals surface area (Å²) < 4.78 is 11.0. The Morgan fingerprint density at radius 1 is 1.00 bits per heavy atom. The molecule has 0 spiro atoms. The second kappa shape index (κ2) is 4.89. The average molecular weight is 253 g/mol. The Morgan fingerprint density at radius 2 is 1.89 bits per heavy atom. The molecule has 0 unspecified atom stereocenters. The van der Waals surface area contributed by atoms with Crippen molar-refractivity contribution >= 4 is 10.9 Å². The molecule has 0 saturated heterocycles. The highest BCUT2D eigenvalue weighted by Gasteiger charge is 2.09. The SMILES string of the molecule is COc1cnccc1Oc1ncnc2ccccc12. The molecule has 0 saturated carbocycles. The molecule has 5 nitrogen and oxygen atoms in total. The van der Waals surface area contributed by atoms with Gasteiger partial charge in [0.15, 0.2) is 11.5 Å². The van der Waals surface area contributed by atoms with Crippen molar-refractivity contribution in [3.63, 3.8) is 0 Å². The Balaban J connectivity index is 2.06. The van der Waals surface area contributed by atoms with Gasteiger partial charge in [-0.2, -0.15) is 0 Å². The van der Waals surface area contributed by atoms with Crippen LogP contribution in [-0.4, -0.2) is 22.1 Å². The zero-order chi connectivity index (χ0) is 13.1. The monoisotopic (exact) mass is 253 g/mol. The largest absolute Gasteiger partial charge is 0.491 e. The van der Waals surface area contributed by atoms with Gasteiger partial charge in [0.2, 0.25) is 5.88 Å². The molecule has 0 aliphatic heterocycles. The van der Waals surface area contributed by atoms with Gasteiger partial charge in [0, 0.05) is 12.3 Å². The van der Waals surface area contributed by atoms with Crippen LogP contribution in [-0.2, 0) is 0 Å². The molecular formula is C14H11N3O2. The molecule has 0 bridgehead atoms. The van der Waals surface area contributed by atoms with E-state index in [-0.39, 0.29) is 0 Å². The molecule has 19 heavy (non-hydrogen) atoms. The van der Waals surface area contributed by atoms with E-state index in [0.29, 0.717) is 17.4 Å². The number of ether oxygens (including phenoxy) is 2. The molecule has 0 fully saturated rings.